The van der Waals surface area contributed by atoms with Gasteiger partial charge in [0.1, 0.15) is 5.82 Å². The molecule has 9 heteroatoms. The van der Waals surface area contributed by atoms with Crippen LogP contribution in [0.1, 0.15) is 0 Å². The summed E-state index contributed by atoms with van der Waals surface area (Å²) in [6.07, 6.45) is 1.78. The van der Waals surface area contributed by atoms with Gasteiger partial charge in [0, 0.05) is 37.8 Å². The predicted molar refractivity (Wildman–Crippen MR) is 103 cm³/mol. The summed E-state index contributed by atoms with van der Waals surface area (Å²) in [5, 5.41) is 5.44. The summed E-state index contributed by atoms with van der Waals surface area (Å²) in [5.41, 5.74) is 0.155. The van der Waals surface area contributed by atoms with Gasteiger partial charge in [-0.25, -0.2) is 9.37 Å². The van der Waals surface area contributed by atoms with Crippen molar-refractivity contribution in [1.82, 2.24) is 9.88 Å². The van der Waals surface area contributed by atoms with E-state index in [-0.39, 0.29) is 29.0 Å². The Labute approximate surface area is 159 Å². The number of carbonyl (C=O) groups excluding carboxylic acids is 2. The highest BCUT2D eigenvalue weighted by Crippen LogP contribution is 2.19. The molecule has 26 heavy (non-hydrogen) atoms. The first kappa shape index (κ1) is 18.7. The van der Waals surface area contributed by atoms with Gasteiger partial charge in [-0.15, -0.1) is 23.1 Å². The average molecular weight is 394 g/mol. The normalized spacial score (nSPS) is 14.3. The second-order valence-corrected chi connectivity index (χ2v) is 7.56. The molecule has 1 aromatic heterocycles. The number of thiazole rings is 1. The lowest BCUT2D eigenvalue weighted by molar-refractivity contribution is -0.128. The van der Waals surface area contributed by atoms with Gasteiger partial charge in [0.15, 0.2) is 5.13 Å². The highest BCUT2D eigenvalue weighted by Gasteiger charge is 2.22. The number of carbonyl (C=O) groups is 2. The first-order chi connectivity index (χ1) is 12.6. The van der Waals surface area contributed by atoms with E-state index in [9.17, 15) is 14.0 Å². The van der Waals surface area contributed by atoms with E-state index in [0.29, 0.717) is 13.1 Å². The standard InChI is InChI=1S/C17H19FN4O2S2/c18-13-3-1-2-4-14(13)20-15(23)11-25-12-16(24)21-6-8-22(9-7-21)17-19-5-10-26-17/h1-5,10H,6-9,11-12H2,(H,20,23). The van der Waals surface area contributed by atoms with E-state index in [1.54, 1.807) is 29.7 Å². The van der Waals surface area contributed by atoms with Crippen LogP contribution in [0, 0.1) is 5.82 Å². The van der Waals surface area contributed by atoms with Crippen molar-refractivity contribution in [2.75, 3.05) is 47.9 Å². The second kappa shape index (κ2) is 9.00. The van der Waals surface area contributed by atoms with Crippen LogP contribution in [-0.4, -0.2) is 59.4 Å². The van der Waals surface area contributed by atoms with Crippen LogP contribution in [0.2, 0.25) is 0 Å². The molecule has 2 aromatic rings. The van der Waals surface area contributed by atoms with E-state index < -0.39 is 5.82 Å². The predicted octanol–water partition coefficient (Wildman–Crippen LogP) is 2.30. The summed E-state index contributed by atoms with van der Waals surface area (Å²) in [4.78, 5) is 32.4. The Bertz CT molecular complexity index is 749. The van der Waals surface area contributed by atoms with Gasteiger partial charge in [-0.1, -0.05) is 12.1 Å². The number of hydrogen-bond donors (Lipinski definition) is 1. The summed E-state index contributed by atoms with van der Waals surface area (Å²) in [7, 11) is 0. The van der Waals surface area contributed by atoms with Crippen LogP contribution in [0.4, 0.5) is 15.2 Å². The Morgan fingerprint density at radius 1 is 1.19 bits per heavy atom. The second-order valence-electron chi connectivity index (χ2n) is 5.70. The molecule has 0 saturated carbocycles. The fourth-order valence-corrected chi connectivity index (χ4v) is 4.00. The average Bonchev–Trinajstić information content (AvgIpc) is 3.18. The number of nitrogens with zero attached hydrogens (tertiary/aromatic N) is 3. The van der Waals surface area contributed by atoms with Gasteiger partial charge in [-0.05, 0) is 12.1 Å². The van der Waals surface area contributed by atoms with Crippen LogP contribution in [0.15, 0.2) is 35.8 Å². The highest BCUT2D eigenvalue weighted by molar-refractivity contribution is 8.00. The number of halogens is 1. The number of hydrogen-bond acceptors (Lipinski definition) is 6. The molecule has 1 N–H and O–H groups in total. The van der Waals surface area contributed by atoms with Crippen molar-refractivity contribution in [3.05, 3.63) is 41.7 Å². The van der Waals surface area contributed by atoms with Crippen LogP contribution >= 0.6 is 23.1 Å². The fourth-order valence-electron chi connectivity index (χ4n) is 2.59. The maximum atomic E-state index is 13.5. The molecule has 1 aliphatic rings. The molecule has 0 aliphatic carbocycles. The minimum absolute atomic E-state index is 0.0208. The Kier molecular flexibility index (Phi) is 6.45. The van der Waals surface area contributed by atoms with Crippen LogP contribution in [-0.2, 0) is 9.59 Å². The van der Waals surface area contributed by atoms with Crippen LogP contribution < -0.4 is 10.2 Å². The molecule has 0 unspecified atom stereocenters. The van der Waals surface area contributed by atoms with Crippen LogP contribution in [0.5, 0.6) is 0 Å². The number of rotatable bonds is 6. The van der Waals surface area contributed by atoms with Crippen molar-refractivity contribution in [3.63, 3.8) is 0 Å². The zero-order chi connectivity index (χ0) is 18.4. The molecule has 2 heterocycles. The number of anilines is 2. The first-order valence-electron chi connectivity index (χ1n) is 8.18. The number of amides is 2. The molecule has 1 aromatic carbocycles. The smallest absolute Gasteiger partial charge is 0.234 e. The number of benzene rings is 1. The van der Waals surface area contributed by atoms with Crippen molar-refractivity contribution >= 4 is 45.7 Å². The zero-order valence-electron chi connectivity index (χ0n) is 14.1. The third kappa shape index (κ3) is 4.95. The molecule has 0 atom stereocenters. The minimum Gasteiger partial charge on any atom is -0.345 e. The van der Waals surface area contributed by atoms with E-state index >= 15 is 0 Å². The van der Waals surface area contributed by atoms with Crippen molar-refractivity contribution in [2.24, 2.45) is 0 Å². The van der Waals surface area contributed by atoms with Crippen molar-refractivity contribution in [3.8, 4) is 0 Å². The summed E-state index contributed by atoms with van der Waals surface area (Å²) < 4.78 is 13.5. The monoisotopic (exact) mass is 394 g/mol. The summed E-state index contributed by atoms with van der Waals surface area (Å²) in [5.74, 6) is -0.421. The van der Waals surface area contributed by atoms with Crippen molar-refractivity contribution < 1.29 is 14.0 Å². The molecule has 6 nitrogen and oxygen atoms in total. The van der Waals surface area contributed by atoms with Gasteiger partial charge >= 0.3 is 0 Å². The van der Waals surface area contributed by atoms with Crippen LogP contribution in [0.25, 0.3) is 0 Å². The Hall–Kier alpha value is -2.13. The van der Waals surface area contributed by atoms with Gasteiger partial charge in [0.25, 0.3) is 0 Å². The van der Waals surface area contributed by atoms with E-state index in [1.165, 1.54) is 23.9 Å². The van der Waals surface area contributed by atoms with Gasteiger partial charge in [0.2, 0.25) is 11.8 Å². The van der Waals surface area contributed by atoms with Gasteiger partial charge < -0.3 is 15.1 Å². The maximum Gasteiger partial charge on any atom is 0.234 e. The largest absolute Gasteiger partial charge is 0.345 e. The lowest BCUT2D eigenvalue weighted by Gasteiger charge is -2.34. The quantitative estimate of drug-likeness (QED) is 0.815. The van der Waals surface area contributed by atoms with Gasteiger partial charge in [-0.3, -0.25) is 9.59 Å². The molecule has 1 aliphatic heterocycles. The molecule has 0 radical (unpaired) electrons. The van der Waals surface area contributed by atoms with Crippen molar-refractivity contribution in [1.29, 1.82) is 0 Å². The molecule has 1 saturated heterocycles. The lowest BCUT2D eigenvalue weighted by Crippen LogP contribution is -2.49. The molecule has 3 rings (SSSR count). The third-order valence-electron chi connectivity index (χ3n) is 3.93. The maximum absolute atomic E-state index is 13.5. The lowest BCUT2D eigenvalue weighted by atomic mass is 10.3. The molecule has 0 spiro atoms. The number of aromatic nitrogens is 1. The molecule has 0 bridgehead atoms. The number of para-hydroxylation sites is 1. The summed E-state index contributed by atoms with van der Waals surface area (Å²) in [6.45, 7) is 2.83. The molecular formula is C17H19FN4O2S2. The summed E-state index contributed by atoms with van der Waals surface area (Å²) in [6, 6.07) is 6.01. The third-order valence-corrected chi connectivity index (χ3v) is 5.68. The van der Waals surface area contributed by atoms with Gasteiger partial charge in [-0.2, -0.15) is 0 Å². The molecule has 1 fully saturated rings. The number of piperazine rings is 1. The zero-order valence-corrected chi connectivity index (χ0v) is 15.7. The molecule has 138 valence electrons. The molecular weight excluding hydrogens is 375 g/mol. The van der Waals surface area contributed by atoms with Gasteiger partial charge in [0.05, 0.1) is 17.2 Å². The number of nitrogens with one attached hydrogen (secondary N) is 1. The topological polar surface area (TPSA) is 65.5 Å². The minimum atomic E-state index is -0.472. The van der Waals surface area contributed by atoms with Crippen molar-refractivity contribution in [2.45, 2.75) is 0 Å². The van der Waals surface area contributed by atoms with E-state index in [1.807, 2.05) is 10.3 Å². The van der Waals surface area contributed by atoms with E-state index in [0.717, 1.165) is 18.2 Å². The Morgan fingerprint density at radius 3 is 2.65 bits per heavy atom. The number of thioether (sulfide) groups is 1. The van der Waals surface area contributed by atoms with E-state index in [2.05, 4.69) is 15.2 Å². The van der Waals surface area contributed by atoms with E-state index in [4.69, 9.17) is 0 Å². The first-order valence-corrected chi connectivity index (χ1v) is 10.2. The summed E-state index contributed by atoms with van der Waals surface area (Å²) >= 11 is 2.83. The Morgan fingerprint density at radius 2 is 1.96 bits per heavy atom. The van der Waals surface area contributed by atoms with Crippen LogP contribution in [0.3, 0.4) is 0 Å². The highest BCUT2D eigenvalue weighted by atomic mass is 32.2. The molecule has 2 amide bonds. The Balaban J connectivity index is 1.37. The SMILES string of the molecule is O=C(CSCC(=O)N1CCN(c2nccs2)CC1)Nc1ccccc1F. The fraction of sp³-hybridized carbons (Fsp3) is 0.353.